The van der Waals surface area contributed by atoms with Crippen LogP contribution in [0.4, 0.5) is 5.69 Å². The number of carbonyl (C=O) groups is 2. The lowest BCUT2D eigenvalue weighted by Crippen LogP contribution is -2.25. The minimum absolute atomic E-state index is 0.119. The average molecular weight is 465 g/mol. The molecule has 0 aliphatic heterocycles. The van der Waals surface area contributed by atoms with Gasteiger partial charge in [0.15, 0.2) is 0 Å². The minimum atomic E-state index is -0.302. The largest absolute Gasteiger partial charge is 0.456 e. The van der Waals surface area contributed by atoms with Gasteiger partial charge in [0.1, 0.15) is 11.5 Å². The second-order valence-electron chi connectivity index (χ2n) is 7.29. The van der Waals surface area contributed by atoms with Crippen LogP contribution in [0.1, 0.15) is 39.1 Å². The summed E-state index contributed by atoms with van der Waals surface area (Å²) in [5, 5.41) is 5.89. The highest BCUT2D eigenvalue weighted by Crippen LogP contribution is 2.28. The molecule has 0 atom stereocenters. The molecule has 152 valence electrons. The average Bonchev–Trinajstić information content (AvgIpc) is 3.54. The van der Waals surface area contributed by atoms with Crippen molar-refractivity contribution in [1.29, 1.82) is 0 Å². The lowest BCUT2D eigenvalue weighted by Gasteiger charge is -2.14. The first-order chi connectivity index (χ1) is 14.5. The van der Waals surface area contributed by atoms with E-state index < -0.39 is 0 Å². The Morgan fingerprint density at radius 1 is 0.967 bits per heavy atom. The highest BCUT2D eigenvalue weighted by atomic mass is 79.9. The van der Waals surface area contributed by atoms with Gasteiger partial charge in [-0.25, -0.2) is 0 Å². The fraction of sp³-hybridized carbons (Fsp3) is 0.167. The van der Waals surface area contributed by atoms with Crippen LogP contribution in [0.15, 0.2) is 71.2 Å². The Kier molecular flexibility index (Phi) is 5.86. The monoisotopic (exact) mass is 464 g/mol. The Bertz CT molecular complexity index is 1110. The second kappa shape index (κ2) is 8.71. The summed E-state index contributed by atoms with van der Waals surface area (Å²) in [6.07, 6.45) is 2.05. The number of hydrogen-bond donors (Lipinski definition) is 2. The fourth-order valence-corrected chi connectivity index (χ4v) is 3.36. The van der Waals surface area contributed by atoms with Crippen molar-refractivity contribution >= 4 is 33.4 Å². The molecule has 3 aromatic rings. The maximum Gasteiger partial charge on any atom is 0.259 e. The highest BCUT2D eigenvalue weighted by molar-refractivity contribution is 9.10. The topological polar surface area (TPSA) is 67.4 Å². The number of carbonyl (C=O) groups excluding carboxylic acids is 2. The van der Waals surface area contributed by atoms with Crippen molar-refractivity contribution in [3.63, 3.8) is 0 Å². The molecule has 1 aliphatic rings. The van der Waals surface area contributed by atoms with Gasteiger partial charge in [-0.1, -0.05) is 40.2 Å². The van der Waals surface area contributed by atoms with Crippen LogP contribution < -0.4 is 15.4 Å². The summed E-state index contributed by atoms with van der Waals surface area (Å²) in [6.45, 7) is 1.89. The summed E-state index contributed by atoms with van der Waals surface area (Å²) in [7, 11) is 0. The number of nitrogens with one attached hydrogen (secondary N) is 2. The van der Waals surface area contributed by atoms with E-state index in [0.29, 0.717) is 28.3 Å². The standard InChI is InChI=1S/C24H21BrN2O3/c1-15-9-10-16(23(28)26-18-11-12-18)13-21(15)27-24(29)20-7-2-3-8-22(20)30-19-6-4-5-17(25)14-19/h2-10,13-14,18H,11-12H2,1H3,(H,26,28)(H,27,29). The third-order valence-electron chi connectivity index (χ3n) is 4.82. The third kappa shape index (κ3) is 4.89. The van der Waals surface area contributed by atoms with Crippen LogP contribution in [0.5, 0.6) is 11.5 Å². The Morgan fingerprint density at radius 3 is 2.53 bits per heavy atom. The number of benzene rings is 3. The molecule has 5 nitrogen and oxygen atoms in total. The van der Waals surface area contributed by atoms with Crippen molar-refractivity contribution < 1.29 is 14.3 Å². The van der Waals surface area contributed by atoms with E-state index in [2.05, 4.69) is 26.6 Å². The molecule has 0 radical (unpaired) electrons. The molecule has 0 saturated heterocycles. The van der Waals surface area contributed by atoms with Crippen LogP contribution in [-0.2, 0) is 0 Å². The lowest BCUT2D eigenvalue weighted by atomic mass is 10.1. The summed E-state index contributed by atoms with van der Waals surface area (Å²) in [4.78, 5) is 25.4. The Balaban J connectivity index is 1.55. The van der Waals surface area contributed by atoms with Gasteiger partial charge in [-0.05, 0) is 67.8 Å². The van der Waals surface area contributed by atoms with E-state index in [1.807, 2.05) is 43.3 Å². The molecule has 4 rings (SSSR count). The molecule has 0 unspecified atom stereocenters. The van der Waals surface area contributed by atoms with Crippen molar-refractivity contribution in [2.24, 2.45) is 0 Å². The van der Waals surface area contributed by atoms with Gasteiger partial charge < -0.3 is 15.4 Å². The van der Waals surface area contributed by atoms with Crippen molar-refractivity contribution in [1.82, 2.24) is 5.32 Å². The molecule has 3 aromatic carbocycles. The molecule has 0 heterocycles. The highest BCUT2D eigenvalue weighted by Gasteiger charge is 2.24. The van der Waals surface area contributed by atoms with Crippen LogP contribution in [0.3, 0.4) is 0 Å². The predicted octanol–water partition coefficient (Wildman–Crippen LogP) is 5.69. The maximum atomic E-state index is 13.0. The van der Waals surface area contributed by atoms with Gasteiger partial charge in [0, 0.05) is 21.8 Å². The predicted molar refractivity (Wildman–Crippen MR) is 120 cm³/mol. The Labute approximate surface area is 183 Å². The molecule has 30 heavy (non-hydrogen) atoms. The van der Waals surface area contributed by atoms with Crippen molar-refractivity contribution in [2.75, 3.05) is 5.32 Å². The molecule has 2 N–H and O–H groups in total. The van der Waals surface area contributed by atoms with E-state index >= 15 is 0 Å². The van der Waals surface area contributed by atoms with Crippen molar-refractivity contribution in [3.8, 4) is 11.5 Å². The summed E-state index contributed by atoms with van der Waals surface area (Å²) >= 11 is 3.42. The lowest BCUT2D eigenvalue weighted by molar-refractivity contribution is 0.0949. The van der Waals surface area contributed by atoms with E-state index in [0.717, 1.165) is 22.9 Å². The molecule has 1 saturated carbocycles. The van der Waals surface area contributed by atoms with Gasteiger partial charge in [0.2, 0.25) is 0 Å². The van der Waals surface area contributed by atoms with Crippen molar-refractivity contribution in [3.05, 3.63) is 87.9 Å². The number of ether oxygens (including phenoxy) is 1. The quantitative estimate of drug-likeness (QED) is 0.491. The first kappa shape index (κ1) is 20.2. The van der Waals surface area contributed by atoms with Gasteiger partial charge >= 0.3 is 0 Å². The smallest absolute Gasteiger partial charge is 0.259 e. The van der Waals surface area contributed by atoms with Crippen LogP contribution in [0.2, 0.25) is 0 Å². The molecule has 1 fully saturated rings. The number of halogens is 1. The number of amides is 2. The molecule has 0 aromatic heterocycles. The molecule has 0 spiro atoms. The zero-order valence-electron chi connectivity index (χ0n) is 16.4. The first-order valence-corrected chi connectivity index (χ1v) is 10.5. The van der Waals surface area contributed by atoms with Gasteiger partial charge in [-0.15, -0.1) is 0 Å². The number of anilines is 1. The zero-order valence-corrected chi connectivity index (χ0v) is 18.0. The number of rotatable bonds is 6. The SMILES string of the molecule is Cc1ccc(C(=O)NC2CC2)cc1NC(=O)c1ccccc1Oc1cccc(Br)c1. The minimum Gasteiger partial charge on any atom is -0.456 e. The molecule has 0 bridgehead atoms. The number of para-hydroxylation sites is 1. The second-order valence-corrected chi connectivity index (χ2v) is 8.20. The van der Waals surface area contributed by atoms with Gasteiger partial charge in [-0.2, -0.15) is 0 Å². The summed E-state index contributed by atoms with van der Waals surface area (Å²) in [5.41, 5.74) is 2.41. The van der Waals surface area contributed by atoms with Gasteiger partial charge in [0.25, 0.3) is 11.8 Å². The Morgan fingerprint density at radius 2 is 1.77 bits per heavy atom. The van der Waals surface area contributed by atoms with Gasteiger partial charge in [0.05, 0.1) is 5.56 Å². The van der Waals surface area contributed by atoms with Crippen molar-refractivity contribution in [2.45, 2.75) is 25.8 Å². The van der Waals surface area contributed by atoms with Crippen LogP contribution in [0, 0.1) is 6.92 Å². The first-order valence-electron chi connectivity index (χ1n) is 9.75. The molecule has 1 aliphatic carbocycles. The maximum absolute atomic E-state index is 13.0. The molecular formula is C24H21BrN2O3. The number of hydrogen-bond acceptors (Lipinski definition) is 3. The van der Waals surface area contributed by atoms with E-state index in [-0.39, 0.29) is 17.9 Å². The van der Waals surface area contributed by atoms with E-state index in [1.54, 1.807) is 30.3 Å². The normalized spacial score (nSPS) is 12.9. The molecular weight excluding hydrogens is 444 g/mol. The van der Waals surface area contributed by atoms with Crippen LogP contribution >= 0.6 is 15.9 Å². The summed E-state index contributed by atoms with van der Waals surface area (Å²) in [6, 6.07) is 20.1. The molecule has 2 amide bonds. The van der Waals surface area contributed by atoms with E-state index in [4.69, 9.17) is 4.74 Å². The zero-order chi connectivity index (χ0) is 21.1. The van der Waals surface area contributed by atoms with Crippen LogP contribution in [0.25, 0.3) is 0 Å². The van der Waals surface area contributed by atoms with E-state index in [9.17, 15) is 9.59 Å². The summed E-state index contributed by atoms with van der Waals surface area (Å²) in [5.74, 6) is 0.655. The van der Waals surface area contributed by atoms with E-state index in [1.165, 1.54) is 0 Å². The third-order valence-corrected chi connectivity index (χ3v) is 5.31. The van der Waals surface area contributed by atoms with Crippen LogP contribution in [-0.4, -0.2) is 17.9 Å². The number of aryl methyl sites for hydroxylation is 1. The Hall–Kier alpha value is -3.12. The fourth-order valence-electron chi connectivity index (χ4n) is 2.98. The van der Waals surface area contributed by atoms with Gasteiger partial charge in [-0.3, -0.25) is 9.59 Å². The molecule has 6 heteroatoms. The summed E-state index contributed by atoms with van der Waals surface area (Å²) < 4.78 is 6.82.